The Morgan fingerprint density at radius 1 is 1.27 bits per heavy atom. The number of anilines is 1. The van der Waals surface area contributed by atoms with Gasteiger partial charge in [0.05, 0.1) is 16.2 Å². The van der Waals surface area contributed by atoms with Crippen molar-refractivity contribution in [3.05, 3.63) is 33.9 Å². The van der Waals surface area contributed by atoms with Gasteiger partial charge in [0.25, 0.3) is 5.69 Å². The fourth-order valence-corrected chi connectivity index (χ4v) is 4.03. The van der Waals surface area contributed by atoms with E-state index >= 15 is 0 Å². The summed E-state index contributed by atoms with van der Waals surface area (Å²) in [7, 11) is 0. The highest BCUT2D eigenvalue weighted by molar-refractivity contribution is 5.76. The molecule has 1 saturated carbocycles. The number of piperidine rings is 1. The van der Waals surface area contributed by atoms with Gasteiger partial charge in [-0.1, -0.05) is 12.8 Å². The summed E-state index contributed by atoms with van der Waals surface area (Å²) in [5, 5.41) is 23.3. The van der Waals surface area contributed by atoms with Gasteiger partial charge in [0.1, 0.15) is 6.07 Å². The van der Waals surface area contributed by atoms with Crippen LogP contribution in [0.5, 0.6) is 0 Å². The van der Waals surface area contributed by atoms with E-state index in [4.69, 9.17) is 0 Å². The van der Waals surface area contributed by atoms with E-state index in [-0.39, 0.29) is 17.6 Å². The van der Waals surface area contributed by atoms with Crippen LogP contribution in [0.15, 0.2) is 18.2 Å². The maximum atomic E-state index is 12.2. The SMILES string of the molecule is N#Cc1cc([N+](=O)[O-])ccc1N1CCC(NC(=O)CC2CCCC2)CC1. The Hall–Kier alpha value is -2.62. The molecular formula is C19H24N4O3. The fourth-order valence-electron chi connectivity index (χ4n) is 4.03. The van der Waals surface area contributed by atoms with E-state index in [1.807, 2.05) is 0 Å². The van der Waals surface area contributed by atoms with Crippen LogP contribution in [0.2, 0.25) is 0 Å². The van der Waals surface area contributed by atoms with Crippen molar-refractivity contribution in [1.82, 2.24) is 5.32 Å². The predicted octanol–water partition coefficient (Wildman–Crippen LogP) is 3.13. The Labute approximate surface area is 153 Å². The monoisotopic (exact) mass is 356 g/mol. The Bertz CT molecular complexity index is 714. The van der Waals surface area contributed by atoms with Gasteiger partial charge >= 0.3 is 0 Å². The minimum Gasteiger partial charge on any atom is -0.370 e. The molecule has 3 rings (SSSR count). The second-order valence-electron chi connectivity index (χ2n) is 7.25. The molecule has 138 valence electrons. The second-order valence-corrected chi connectivity index (χ2v) is 7.25. The smallest absolute Gasteiger partial charge is 0.270 e. The van der Waals surface area contributed by atoms with Gasteiger partial charge in [0.2, 0.25) is 5.91 Å². The van der Waals surface area contributed by atoms with Gasteiger partial charge in [-0.25, -0.2) is 0 Å². The molecule has 1 aliphatic heterocycles. The number of nitrogens with zero attached hydrogens (tertiary/aromatic N) is 3. The Balaban J connectivity index is 1.54. The molecule has 1 N–H and O–H groups in total. The quantitative estimate of drug-likeness (QED) is 0.645. The van der Waals surface area contributed by atoms with E-state index in [1.165, 1.54) is 37.8 Å². The van der Waals surface area contributed by atoms with Crippen molar-refractivity contribution in [3.63, 3.8) is 0 Å². The molecule has 1 saturated heterocycles. The summed E-state index contributed by atoms with van der Waals surface area (Å²) in [5.74, 6) is 0.705. The van der Waals surface area contributed by atoms with Crippen molar-refractivity contribution in [1.29, 1.82) is 5.26 Å². The van der Waals surface area contributed by atoms with E-state index in [1.54, 1.807) is 6.07 Å². The van der Waals surface area contributed by atoms with Crippen LogP contribution in [0.4, 0.5) is 11.4 Å². The number of nitro groups is 1. The van der Waals surface area contributed by atoms with E-state index in [2.05, 4.69) is 16.3 Å². The molecule has 1 aromatic rings. The van der Waals surface area contributed by atoms with Crippen LogP contribution < -0.4 is 10.2 Å². The summed E-state index contributed by atoms with van der Waals surface area (Å²) in [5.41, 5.74) is 0.983. The minimum absolute atomic E-state index is 0.0700. The van der Waals surface area contributed by atoms with Crippen molar-refractivity contribution in [2.75, 3.05) is 18.0 Å². The van der Waals surface area contributed by atoms with E-state index in [9.17, 15) is 20.2 Å². The van der Waals surface area contributed by atoms with Gasteiger partial charge in [-0.15, -0.1) is 0 Å². The van der Waals surface area contributed by atoms with Crippen molar-refractivity contribution >= 4 is 17.3 Å². The first-order valence-electron chi connectivity index (χ1n) is 9.29. The summed E-state index contributed by atoms with van der Waals surface area (Å²) in [6, 6.07) is 6.64. The number of carbonyl (C=O) groups excluding carboxylic acids is 1. The number of hydrogen-bond acceptors (Lipinski definition) is 5. The van der Waals surface area contributed by atoms with Crippen LogP contribution in [-0.4, -0.2) is 30.0 Å². The molecule has 0 spiro atoms. The molecular weight excluding hydrogens is 332 g/mol. The highest BCUT2D eigenvalue weighted by atomic mass is 16.6. The summed E-state index contributed by atoms with van der Waals surface area (Å²) in [6.45, 7) is 1.45. The van der Waals surface area contributed by atoms with Gasteiger partial charge in [0, 0.05) is 37.7 Å². The molecule has 1 amide bonds. The largest absolute Gasteiger partial charge is 0.370 e. The Morgan fingerprint density at radius 2 is 1.96 bits per heavy atom. The van der Waals surface area contributed by atoms with Gasteiger partial charge in [-0.3, -0.25) is 14.9 Å². The van der Waals surface area contributed by atoms with Crippen LogP contribution in [0.1, 0.15) is 50.5 Å². The average molecular weight is 356 g/mol. The first-order chi connectivity index (χ1) is 12.6. The molecule has 1 aromatic carbocycles. The lowest BCUT2D eigenvalue weighted by Crippen LogP contribution is -2.45. The highest BCUT2D eigenvalue weighted by Crippen LogP contribution is 2.29. The van der Waals surface area contributed by atoms with Crippen LogP contribution in [0, 0.1) is 27.4 Å². The summed E-state index contributed by atoms with van der Waals surface area (Å²) < 4.78 is 0. The molecule has 1 aliphatic carbocycles. The van der Waals surface area contributed by atoms with Crippen LogP contribution in [-0.2, 0) is 4.79 Å². The van der Waals surface area contributed by atoms with Crippen molar-refractivity contribution in [2.24, 2.45) is 5.92 Å². The number of non-ortho nitro benzene ring substituents is 1. The summed E-state index contributed by atoms with van der Waals surface area (Å²) >= 11 is 0. The number of nitrogens with one attached hydrogen (secondary N) is 1. The molecule has 2 fully saturated rings. The first kappa shape index (κ1) is 18.2. The van der Waals surface area contributed by atoms with Crippen molar-refractivity contribution in [2.45, 2.75) is 51.0 Å². The van der Waals surface area contributed by atoms with Gasteiger partial charge in [-0.2, -0.15) is 5.26 Å². The van der Waals surface area contributed by atoms with Gasteiger partial charge < -0.3 is 10.2 Å². The van der Waals surface area contributed by atoms with Crippen LogP contribution in [0.3, 0.4) is 0 Å². The third kappa shape index (κ3) is 4.31. The van der Waals surface area contributed by atoms with Gasteiger partial charge in [-0.05, 0) is 37.7 Å². The molecule has 26 heavy (non-hydrogen) atoms. The number of carbonyl (C=O) groups is 1. The average Bonchev–Trinajstić information content (AvgIpc) is 3.14. The molecule has 7 heteroatoms. The molecule has 1 heterocycles. The maximum Gasteiger partial charge on any atom is 0.270 e. The molecule has 0 aromatic heterocycles. The van der Waals surface area contributed by atoms with Crippen LogP contribution in [0.25, 0.3) is 0 Å². The topological polar surface area (TPSA) is 99.3 Å². The first-order valence-corrected chi connectivity index (χ1v) is 9.29. The third-order valence-corrected chi connectivity index (χ3v) is 5.46. The molecule has 0 radical (unpaired) electrons. The van der Waals surface area contributed by atoms with Crippen molar-refractivity contribution in [3.8, 4) is 6.07 Å². The Kier molecular flexibility index (Phi) is 5.71. The third-order valence-electron chi connectivity index (χ3n) is 5.46. The predicted molar refractivity (Wildman–Crippen MR) is 97.8 cm³/mol. The molecule has 0 bridgehead atoms. The summed E-state index contributed by atoms with van der Waals surface area (Å²) in [6.07, 6.45) is 7.10. The molecule has 2 aliphatic rings. The Morgan fingerprint density at radius 3 is 2.58 bits per heavy atom. The zero-order valence-electron chi connectivity index (χ0n) is 14.8. The van der Waals surface area contributed by atoms with E-state index in [0.29, 0.717) is 17.9 Å². The van der Waals surface area contributed by atoms with E-state index in [0.717, 1.165) is 31.6 Å². The second kappa shape index (κ2) is 8.17. The number of hydrogen-bond donors (Lipinski definition) is 1. The molecule has 7 nitrogen and oxygen atoms in total. The normalized spacial score (nSPS) is 18.5. The zero-order chi connectivity index (χ0) is 18.5. The highest BCUT2D eigenvalue weighted by Gasteiger charge is 2.25. The van der Waals surface area contributed by atoms with Crippen LogP contribution >= 0.6 is 0 Å². The number of nitriles is 1. The lowest BCUT2D eigenvalue weighted by Gasteiger charge is -2.34. The summed E-state index contributed by atoms with van der Waals surface area (Å²) in [4.78, 5) is 24.6. The van der Waals surface area contributed by atoms with Gasteiger partial charge in [0.15, 0.2) is 0 Å². The zero-order valence-corrected chi connectivity index (χ0v) is 14.8. The standard InChI is InChI=1S/C19H24N4O3/c20-13-15-12-17(23(25)26)5-6-18(15)22-9-7-16(8-10-22)21-19(24)11-14-3-1-2-4-14/h5-6,12,14,16H,1-4,7-11H2,(H,21,24). The lowest BCUT2D eigenvalue weighted by atomic mass is 10.0. The number of rotatable bonds is 5. The van der Waals surface area contributed by atoms with E-state index < -0.39 is 4.92 Å². The van der Waals surface area contributed by atoms with Crippen molar-refractivity contribution < 1.29 is 9.72 Å². The number of benzene rings is 1. The molecule has 0 unspecified atom stereocenters. The fraction of sp³-hybridized carbons (Fsp3) is 0.579. The molecule has 0 atom stereocenters. The maximum absolute atomic E-state index is 12.2. The lowest BCUT2D eigenvalue weighted by molar-refractivity contribution is -0.384. The minimum atomic E-state index is -0.489. The number of amides is 1. The number of nitro benzene ring substituents is 1.